The Morgan fingerprint density at radius 3 is 3.05 bits per heavy atom. The molecular formula is C16H28IN3OS. The molecule has 2 heterocycles. The molecule has 2 rings (SSSR count). The Kier molecular flexibility index (Phi) is 9.35. The Bertz CT molecular complexity index is 439. The zero-order valence-corrected chi connectivity index (χ0v) is 16.9. The van der Waals surface area contributed by atoms with Gasteiger partial charge in [0.15, 0.2) is 5.96 Å². The summed E-state index contributed by atoms with van der Waals surface area (Å²) < 4.78 is 5.28. The third-order valence-corrected chi connectivity index (χ3v) is 4.97. The normalized spacial score (nSPS) is 19.9. The Morgan fingerprint density at radius 2 is 2.41 bits per heavy atom. The summed E-state index contributed by atoms with van der Waals surface area (Å²) in [4.78, 5) is 8.62. The molecule has 0 spiro atoms. The van der Waals surface area contributed by atoms with Gasteiger partial charge in [0.2, 0.25) is 0 Å². The number of guanidine groups is 1. The first kappa shape index (κ1) is 19.7. The lowest BCUT2D eigenvalue weighted by Crippen LogP contribution is -2.40. The van der Waals surface area contributed by atoms with Gasteiger partial charge >= 0.3 is 0 Å². The van der Waals surface area contributed by atoms with E-state index in [-0.39, 0.29) is 24.0 Å². The summed E-state index contributed by atoms with van der Waals surface area (Å²) in [6, 6.07) is 4.31. The highest BCUT2D eigenvalue weighted by Gasteiger charge is 2.24. The molecule has 1 N–H and O–H groups in total. The number of nitrogens with zero attached hydrogens (tertiary/aromatic N) is 2. The van der Waals surface area contributed by atoms with E-state index in [2.05, 4.69) is 41.6 Å². The number of thiophene rings is 1. The van der Waals surface area contributed by atoms with Crippen LogP contribution >= 0.6 is 35.3 Å². The molecular weight excluding hydrogens is 409 g/mol. The number of methoxy groups -OCH3 is 1. The molecule has 0 aromatic carbocycles. The summed E-state index contributed by atoms with van der Waals surface area (Å²) in [5, 5.41) is 5.56. The van der Waals surface area contributed by atoms with Crippen molar-refractivity contribution in [3.63, 3.8) is 0 Å². The maximum absolute atomic E-state index is 5.28. The van der Waals surface area contributed by atoms with Crippen molar-refractivity contribution in [2.45, 2.75) is 26.2 Å². The Labute approximate surface area is 155 Å². The van der Waals surface area contributed by atoms with E-state index in [1.165, 1.54) is 11.3 Å². The molecule has 2 unspecified atom stereocenters. The van der Waals surface area contributed by atoms with E-state index in [4.69, 9.17) is 9.73 Å². The molecule has 0 bridgehead atoms. The average molecular weight is 437 g/mol. The second-order valence-electron chi connectivity index (χ2n) is 5.67. The highest BCUT2D eigenvalue weighted by atomic mass is 127. The minimum atomic E-state index is 0. The molecule has 1 aliphatic rings. The molecule has 1 aromatic rings. The second kappa shape index (κ2) is 10.4. The molecule has 22 heavy (non-hydrogen) atoms. The maximum Gasteiger partial charge on any atom is 0.193 e. The van der Waals surface area contributed by atoms with Gasteiger partial charge in [-0.05, 0) is 24.8 Å². The number of rotatable bonds is 6. The van der Waals surface area contributed by atoms with Crippen molar-refractivity contribution >= 4 is 41.3 Å². The van der Waals surface area contributed by atoms with Crippen molar-refractivity contribution in [2.75, 3.05) is 39.9 Å². The molecule has 1 aromatic heterocycles. The SMILES string of the molecule is CCNC(=NCC(C)c1cccs1)N1CCC(COC)C1.I. The van der Waals surface area contributed by atoms with Gasteiger partial charge in [0, 0.05) is 43.5 Å². The molecule has 4 nitrogen and oxygen atoms in total. The third-order valence-electron chi connectivity index (χ3n) is 3.87. The van der Waals surface area contributed by atoms with Crippen LogP contribution in [0.25, 0.3) is 0 Å². The molecule has 0 radical (unpaired) electrons. The summed E-state index contributed by atoms with van der Waals surface area (Å²) in [5.41, 5.74) is 0. The van der Waals surface area contributed by atoms with Crippen LogP contribution in [0.3, 0.4) is 0 Å². The van der Waals surface area contributed by atoms with E-state index in [1.807, 2.05) is 11.3 Å². The molecule has 0 saturated carbocycles. The van der Waals surface area contributed by atoms with Crippen LogP contribution in [0.1, 0.15) is 31.1 Å². The van der Waals surface area contributed by atoms with Crippen molar-refractivity contribution in [1.29, 1.82) is 0 Å². The predicted molar refractivity (Wildman–Crippen MR) is 106 cm³/mol. The topological polar surface area (TPSA) is 36.9 Å². The van der Waals surface area contributed by atoms with Gasteiger partial charge in [-0.15, -0.1) is 35.3 Å². The van der Waals surface area contributed by atoms with E-state index < -0.39 is 0 Å². The number of ether oxygens (including phenoxy) is 1. The van der Waals surface area contributed by atoms with Crippen molar-refractivity contribution in [2.24, 2.45) is 10.9 Å². The fourth-order valence-corrected chi connectivity index (χ4v) is 3.49. The Hall–Kier alpha value is -0.340. The van der Waals surface area contributed by atoms with Crippen LogP contribution in [0.15, 0.2) is 22.5 Å². The highest BCUT2D eigenvalue weighted by Crippen LogP contribution is 2.21. The van der Waals surface area contributed by atoms with E-state index in [0.717, 1.165) is 38.7 Å². The van der Waals surface area contributed by atoms with Gasteiger partial charge in [-0.1, -0.05) is 13.0 Å². The zero-order valence-electron chi connectivity index (χ0n) is 13.7. The minimum Gasteiger partial charge on any atom is -0.384 e. The van der Waals surface area contributed by atoms with Crippen molar-refractivity contribution in [3.8, 4) is 0 Å². The van der Waals surface area contributed by atoms with Crippen LogP contribution in [0.4, 0.5) is 0 Å². The molecule has 2 atom stereocenters. The Morgan fingerprint density at radius 1 is 1.59 bits per heavy atom. The van der Waals surface area contributed by atoms with Crippen molar-refractivity contribution < 1.29 is 4.74 Å². The number of halogens is 1. The van der Waals surface area contributed by atoms with Crippen LogP contribution in [-0.4, -0.2) is 50.8 Å². The van der Waals surface area contributed by atoms with E-state index in [1.54, 1.807) is 7.11 Å². The van der Waals surface area contributed by atoms with E-state index >= 15 is 0 Å². The molecule has 6 heteroatoms. The average Bonchev–Trinajstić information content (AvgIpc) is 3.14. The largest absolute Gasteiger partial charge is 0.384 e. The number of hydrogen-bond donors (Lipinski definition) is 1. The fraction of sp³-hybridized carbons (Fsp3) is 0.688. The van der Waals surface area contributed by atoms with Crippen LogP contribution in [0.5, 0.6) is 0 Å². The summed E-state index contributed by atoms with van der Waals surface area (Å²) >= 11 is 1.82. The van der Waals surface area contributed by atoms with Crippen LogP contribution in [0.2, 0.25) is 0 Å². The lowest BCUT2D eigenvalue weighted by molar-refractivity contribution is 0.157. The maximum atomic E-state index is 5.28. The standard InChI is InChI=1S/C16H27N3OS.HI/c1-4-17-16(19-8-7-14(11-19)12-20-3)18-10-13(2)15-6-5-9-21-15;/h5-6,9,13-14H,4,7-8,10-12H2,1-3H3,(H,17,18);1H. The number of nitrogens with one attached hydrogen (secondary N) is 1. The summed E-state index contributed by atoms with van der Waals surface area (Å²) in [6.07, 6.45) is 1.19. The molecule has 0 aliphatic carbocycles. The molecule has 1 aliphatic heterocycles. The number of aliphatic imine (C=N–C) groups is 1. The molecule has 0 amide bonds. The van der Waals surface area contributed by atoms with Crippen LogP contribution < -0.4 is 5.32 Å². The summed E-state index contributed by atoms with van der Waals surface area (Å²) in [7, 11) is 1.78. The van der Waals surface area contributed by atoms with E-state index in [0.29, 0.717) is 11.8 Å². The van der Waals surface area contributed by atoms with Gasteiger partial charge < -0.3 is 15.0 Å². The number of hydrogen-bond acceptors (Lipinski definition) is 3. The van der Waals surface area contributed by atoms with Gasteiger partial charge in [-0.25, -0.2) is 0 Å². The van der Waals surface area contributed by atoms with E-state index in [9.17, 15) is 0 Å². The minimum absolute atomic E-state index is 0. The summed E-state index contributed by atoms with van der Waals surface area (Å²) in [5.74, 6) is 2.17. The van der Waals surface area contributed by atoms with Gasteiger partial charge in [0.25, 0.3) is 0 Å². The van der Waals surface area contributed by atoms with Crippen LogP contribution in [-0.2, 0) is 4.74 Å². The predicted octanol–water partition coefficient (Wildman–Crippen LogP) is 3.40. The van der Waals surface area contributed by atoms with Gasteiger partial charge in [-0.3, -0.25) is 4.99 Å². The van der Waals surface area contributed by atoms with Gasteiger partial charge in [0.1, 0.15) is 0 Å². The highest BCUT2D eigenvalue weighted by molar-refractivity contribution is 14.0. The third kappa shape index (κ3) is 5.70. The first-order valence-electron chi connectivity index (χ1n) is 7.80. The smallest absolute Gasteiger partial charge is 0.193 e. The van der Waals surface area contributed by atoms with Gasteiger partial charge in [-0.2, -0.15) is 0 Å². The fourth-order valence-electron chi connectivity index (χ4n) is 2.71. The molecule has 1 saturated heterocycles. The molecule has 1 fully saturated rings. The number of likely N-dealkylation sites (tertiary alicyclic amines) is 1. The van der Waals surface area contributed by atoms with Gasteiger partial charge in [0.05, 0.1) is 13.2 Å². The first-order chi connectivity index (χ1) is 10.2. The summed E-state index contributed by atoms with van der Waals surface area (Å²) in [6.45, 7) is 9.10. The first-order valence-corrected chi connectivity index (χ1v) is 8.68. The molecule has 126 valence electrons. The lowest BCUT2D eigenvalue weighted by atomic mass is 10.1. The lowest BCUT2D eigenvalue weighted by Gasteiger charge is -2.22. The van der Waals surface area contributed by atoms with Crippen molar-refractivity contribution in [3.05, 3.63) is 22.4 Å². The Balaban J connectivity index is 0.00000242. The quantitative estimate of drug-likeness (QED) is 0.421. The van der Waals surface area contributed by atoms with Crippen LogP contribution in [0, 0.1) is 5.92 Å². The van der Waals surface area contributed by atoms with Crippen molar-refractivity contribution in [1.82, 2.24) is 10.2 Å². The monoisotopic (exact) mass is 437 g/mol. The second-order valence-corrected chi connectivity index (χ2v) is 6.65. The zero-order chi connectivity index (χ0) is 15.1.